The molecule has 5 heteroatoms. The summed E-state index contributed by atoms with van der Waals surface area (Å²) in [7, 11) is 1.88. The van der Waals surface area contributed by atoms with Crippen molar-refractivity contribution in [2.75, 3.05) is 7.05 Å². The topological polar surface area (TPSA) is 25.2 Å². The van der Waals surface area contributed by atoms with Gasteiger partial charge in [0, 0.05) is 5.56 Å². The predicted octanol–water partition coefficient (Wildman–Crippen LogP) is 5.06. The molecular formula is C14H14Cl2FNO. The Morgan fingerprint density at radius 1 is 1.26 bits per heavy atom. The van der Waals surface area contributed by atoms with E-state index < -0.39 is 5.82 Å². The molecule has 1 unspecified atom stereocenters. The van der Waals surface area contributed by atoms with E-state index in [0.717, 1.165) is 12.2 Å². The lowest BCUT2D eigenvalue weighted by Gasteiger charge is -2.10. The lowest BCUT2D eigenvalue weighted by molar-refractivity contribution is 0.431. The zero-order valence-corrected chi connectivity index (χ0v) is 12.1. The van der Waals surface area contributed by atoms with E-state index in [4.69, 9.17) is 27.6 Å². The highest BCUT2D eigenvalue weighted by atomic mass is 35.5. The van der Waals surface area contributed by atoms with E-state index in [2.05, 4.69) is 12.2 Å². The first-order valence-corrected chi connectivity index (χ1v) is 6.74. The molecule has 0 amide bonds. The molecule has 0 saturated heterocycles. The van der Waals surface area contributed by atoms with Gasteiger partial charge in [0.05, 0.1) is 16.1 Å². The Morgan fingerprint density at radius 2 is 1.89 bits per heavy atom. The molecule has 0 aliphatic carbocycles. The van der Waals surface area contributed by atoms with E-state index in [-0.39, 0.29) is 16.1 Å². The monoisotopic (exact) mass is 301 g/mol. The highest BCUT2D eigenvalue weighted by molar-refractivity contribution is 6.35. The molecule has 102 valence electrons. The molecule has 0 bridgehead atoms. The third-order valence-electron chi connectivity index (χ3n) is 3.00. The minimum Gasteiger partial charge on any atom is -0.459 e. The predicted molar refractivity (Wildman–Crippen MR) is 76.2 cm³/mol. The summed E-state index contributed by atoms with van der Waals surface area (Å²) in [5.74, 6) is 0.838. The van der Waals surface area contributed by atoms with Crippen molar-refractivity contribution < 1.29 is 8.81 Å². The van der Waals surface area contributed by atoms with Crippen molar-refractivity contribution in [3.05, 3.63) is 45.9 Å². The van der Waals surface area contributed by atoms with Crippen molar-refractivity contribution in [2.45, 2.75) is 19.4 Å². The molecule has 0 aliphatic rings. The van der Waals surface area contributed by atoms with Crippen LogP contribution in [0.3, 0.4) is 0 Å². The first-order valence-electron chi connectivity index (χ1n) is 5.98. The lowest BCUT2D eigenvalue weighted by atomic mass is 10.1. The second kappa shape index (κ2) is 5.95. The number of nitrogens with one attached hydrogen (secondary N) is 1. The number of benzene rings is 1. The van der Waals surface area contributed by atoms with Gasteiger partial charge in [0.1, 0.15) is 11.5 Å². The maximum Gasteiger partial charge on any atom is 0.160 e. The maximum absolute atomic E-state index is 13.4. The fourth-order valence-corrected chi connectivity index (χ4v) is 2.43. The number of halogens is 3. The van der Waals surface area contributed by atoms with Crippen molar-refractivity contribution in [2.24, 2.45) is 0 Å². The molecule has 0 aliphatic heterocycles. The third-order valence-corrected chi connectivity index (χ3v) is 3.55. The zero-order chi connectivity index (χ0) is 14.0. The van der Waals surface area contributed by atoms with Crippen molar-refractivity contribution in [3.8, 4) is 11.3 Å². The number of hydrogen-bond acceptors (Lipinski definition) is 2. The van der Waals surface area contributed by atoms with Gasteiger partial charge in [-0.2, -0.15) is 0 Å². The van der Waals surface area contributed by atoms with Crippen LogP contribution in [0.5, 0.6) is 0 Å². The largest absolute Gasteiger partial charge is 0.459 e. The van der Waals surface area contributed by atoms with Gasteiger partial charge in [-0.15, -0.1) is 0 Å². The normalized spacial score (nSPS) is 12.7. The lowest BCUT2D eigenvalue weighted by Crippen LogP contribution is -2.14. The molecule has 2 nitrogen and oxygen atoms in total. The van der Waals surface area contributed by atoms with Crippen molar-refractivity contribution in [3.63, 3.8) is 0 Å². The molecule has 0 spiro atoms. The van der Waals surface area contributed by atoms with Crippen LogP contribution in [0.4, 0.5) is 4.39 Å². The van der Waals surface area contributed by atoms with Gasteiger partial charge in [-0.3, -0.25) is 0 Å². The first-order chi connectivity index (χ1) is 9.06. The molecule has 0 radical (unpaired) electrons. The summed E-state index contributed by atoms with van der Waals surface area (Å²) in [6.07, 6.45) is 0.911. The van der Waals surface area contributed by atoms with Gasteiger partial charge in [-0.25, -0.2) is 4.39 Å². The Bertz CT molecular complexity index is 556. The molecule has 0 fully saturated rings. The molecule has 2 rings (SSSR count). The molecular weight excluding hydrogens is 288 g/mol. The summed E-state index contributed by atoms with van der Waals surface area (Å²) >= 11 is 11.6. The first kappa shape index (κ1) is 14.4. The molecule has 0 saturated carbocycles. The van der Waals surface area contributed by atoms with Crippen LogP contribution >= 0.6 is 23.2 Å². The summed E-state index contributed by atoms with van der Waals surface area (Å²) in [4.78, 5) is 0. The van der Waals surface area contributed by atoms with Crippen LogP contribution in [0, 0.1) is 5.82 Å². The standard InChI is InChI=1S/C14H14Cl2FNO/c1-3-11(18-2)13-5-4-12(19-13)8-6-9(15)14(17)10(16)7-8/h4-7,11,18H,3H2,1-2H3. The Hall–Kier alpha value is -1.03. The van der Waals surface area contributed by atoms with Crippen LogP contribution in [0.2, 0.25) is 10.0 Å². The van der Waals surface area contributed by atoms with Crippen molar-refractivity contribution >= 4 is 23.2 Å². The molecule has 1 aromatic heterocycles. The Kier molecular flexibility index (Phi) is 4.50. The van der Waals surface area contributed by atoms with Gasteiger partial charge in [-0.1, -0.05) is 30.1 Å². The van der Waals surface area contributed by atoms with Gasteiger partial charge in [0.2, 0.25) is 0 Å². The van der Waals surface area contributed by atoms with Crippen molar-refractivity contribution in [1.29, 1.82) is 0 Å². The molecule has 19 heavy (non-hydrogen) atoms. The van der Waals surface area contributed by atoms with Gasteiger partial charge in [0.15, 0.2) is 5.82 Å². The van der Waals surface area contributed by atoms with Crippen LogP contribution in [0.1, 0.15) is 25.1 Å². The van der Waals surface area contributed by atoms with Gasteiger partial charge in [-0.05, 0) is 37.7 Å². The Balaban J connectivity index is 2.38. The van der Waals surface area contributed by atoms with E-state index >= 15 is 0 Å². The fraction of sp³-hybridized carbons (Fsp3) is 0.286. The van der Waals surface area contributed by atoms with Gasteiger partial charge >= 0.3 is 0 Å². The minimum atomic E-state index is -0.611. The molecule has 2 aromatic rings. The van der Waals surface area contributed by atoms with E-state index in [1.165, 1.54) is 12.1 Å². The molecule has 1 heterocycles. The van der Waals surface area contributed by atoms with E-state index in [9.17, 15) is 4.39 Å². The third kappa shape index (κ3) is 2.94. The minimum absolute atomic E-state index is 0.0129. The SMILES string of the molecule is CCC(NC)c1ccc(-c2cc(Cl)c(F)c(Cl)c2)o1. The summed E-state index contributed by atoms with van der Waals surface area (Å²) in [5, 5.41) is 3.13. The zero-order valence-electron chi connectivity index (χ0n) is 10.6. The van der Waals surface area contributed by atoms with Crippen LogP contribution < -0.4 is 5.32 Å². The highest BCUT2D eigenvalue weighted by Gasteiger charge is 2.14. The van der Waals surface area contributed by atoms with Gasteiger partial charge < -0.3 is 9.73 Å². The van der Waals surface area contributed by atoms with Crippen LogP contribution in [0.15, 0.2) is 28.7 Å². The Labute approximate surface area is 121 Å². The summed E-state index contributed by atoms with van der Waals surface area (Å²) < 4.78 is 19.1. The maximum atomic E-state index is 13.4. The Morgan fingerprint density at radius 3 is 2.42 bits per heavy atom. The van der Waals surface area contributed by atoms with Crippen LogP contribution in [0.25, 0.3) is 11.3 Å². The summed E-state index contributed by atoms with van der Waals surface area (Å²) in [6.45, 7) is 2.06. The second-order valence-electron chi connectivity index (χ2n) is 4.21. The van der Waals surface area contributed by atoms with E-state index in [0.29, 0.717) is 11.3 Å². The molecule has 1 atom stereocenters. The highest BCUT2D eigenvalue weighted by Crippen LogP contribution is 2.32. The second-order valence-corrected chi connectivity index (χ2v) is 5.02. The van der Waals surface area contributed by atoms with Crippen LogP contribution in [-0.4, -0.2) is 7.05 Å². The van der Waals surface area contributed by atoms with Crippen LogP contribution in [-0.2, 0) is 0 Å². The van der Waals surface area contributed by atoms with E-state index in [1.807, 2.05) is 19.2 Å². The average Bonchev–Trinajstić information content (AvgIpc) is 2.86. The average molecular weight is 302 g/mol. The summed E-state index contributed by atoms with van der Waals surface area (Å²) in [6, 6.07) is 6.89. The number of furan rings is 1. The quantitative estimate of drug-likeness (QED) is 0.798. The molecule has 1 aromatic carbocycles. The van der Waals surface area contributed by atoms with Gasteiger partial charge in [0.25, 0.3) is 0 Å². The number of hydrogen-bond donors (Lipinski definition) is 1. The van der Waals surface area contributed by atoms with Crippen molar-refractivity contribution in [1.82, 2.24) is 5.32 Å². The van der Waals surface area contributed by atoms with E-state index in [1.54, 1.807) is 0 Å². The smallest absolute Gasteiger partial charge is 0.160 e. The summed E-state index contributed by atoms with van der Waals surface area (Å²) in [5.41, 5.74) is 0.661. The fourth-order valence-electron chi connectivity index (χ4n) is 1.94. The molecule has 1 N–H and O–H groups in total. The number of rotatable bonds is 4.